The van der Waals surface area contributed by atoms with Gasteiger partial charge in [0, 0.05) is 12.1 Å². The van der Waals surface area contributed by atoms with Crippen LogP contribution in [-0.2, 0) is 9.53 Å². The van der Waals surface area contributed by atoms with Crippen LogP contribution in [0.3, 0.4) is 0 Å². The van der Waals surface area contributed by atoms with E-state index in [1.54, 1.807) is 19.1 Å². The normalized spacial score (nSPS) is 10.5. The fraction of sp³-hybridized carbons (Fsp3) is 0.467. The number of carbonyl (C=O) groups is 2. The standard InChI is InChI=1S/C15H21ClN2O3/c1-4-21-14(19)9-18(8-10(2)3)15(20)11-5-6-12(16)13(17)7-11/h5-7,10H,4,8-9,17H2,1-3H3. The van der Waals surface area contributed by atoms with E-state index in [1.807, 2.05) is 13.8 Å². The summed E-state index contributed by atoms with van der Waals surface area (Å²) < 4.78 is 4.90. The van der Waals surface area contributed by atoms with Gasteiger partial charge < -0.3 is 15.4 Å². The lowest BCUT2D eigenvalue weighted by Gasteiger charge is -2.23. The van der Waals surface area contributed by atoms with Gasteiger partial charge in [-0.25, -0.2) is 0 Å². The van der Waals surface area contributed by atoms with Gasteiger partial charge in [0.05, 0.1) is 17.3 Å². The molecular formula is C15H21ClN2O3. The average molecular weight is 313 g/mol. The Balaban J connectivity index is 2.92. The van der Waals surface area contributed by atoms with Crippen LogP contribution >= 0.6 is 11.6 Å². The van der Waals surface area contributed by atoms with Crippen LogP contribution in [-0.4, -0.2) is 36.5 Å². The Labute approximate surface area is 130 Å². The Morgan fingerprint density at radius 3 is 2.57 bits per heavy atom. The summed E-state index contributed by atoms with van der Waals surface area (Å²) in [5.74, 6) is -0.457. The summed E-state index contributed by atoms with van der Waals surface area (Å²) in [4.78, 5) is 25.6. The van der Waals surface area contributed by atoms with Crippen LogP contribution in [0.4, 0.5) is 5.69 Å². The SMILES string of the molecule is CCOC(=O)CN(CC(C)C)C(=O)c1ccc(Cl)c(N)c1. The second-order valence-electron chi connectivity index (χ2n) is 5.12. The third-order valence-corrected chi connectivity index (χ3v) is 3.09. The zero-order valence-electron chi connectivity index (χ0n) is 12.6. The number of hydrogen-bond acceptors (Lipinski definition) is 4. The highest BCUT2D eigenvalue weighted by atomic mass is 35.5. The number of rotatable bonds is 6. The second kappa shape index (κ2) is 7.88. The highest BCUT2D eigenvalue weighted by Crippen LogP contribution is 2.20. The third-order valence-electron chi connectivity index (χ3n) is 2.74. The van der Waals surface area contributed by atoms with Crippen LogP contribution in [0.1, 0.15) is 31.1 Å². The molecule has 0 unspecified atom stereocenters. The summed E-state index contributed by atoms with van der Waals surface area (Å²) in [6, 6.07) is 4.69. The first kappa shape index (κ1) is 17.3. The van der Waals surface area contributed by atoms with E-state index >= 15 is 0 Å². The van der Waals surface area contributed by atoms with Gasteiger partial charge in [-0.05, 0) is 31.0 Å². The number of carbonyl (C=O) groups excluding carboxylic acids is 2. The topological polar surface area (TPSA) is 72.6 Å². The van der Waals surface area contributed by atoms with Gasteiger partial charge in [0.25, 0.3) is 5.91 Å². The number of nitrogens with two attached hydrogens (primary N) is 1. The molecule has 0 radical (unpaired) electrons. The number of esters is 1. The highest BCUT2D eigenvalue weighted by molar-refractivity contribution is 6.33. The van der Waals surface area contributed by atoms with Gasteiger partial charge in [0.2, 0.25) is 0 Å². The van der Waals surface area contributed by atoms with Crippen LogP contribution in [0, 0.1) is 5.92 Å². The minimum Gasteiger partial charge on any atom is -0.465 e. The Morgan fingerprint density at radius 2 is 2.05 bits per heavy atom. The molecule has 21 heavy (non-hydrogen) atoms. The first-order valence-corrected chi connectivity index (χ1v) is 7.22. The van der Waals surface area contributed by atoms with Crippen LogP contribution < -0.4 is 5.73 Å². The fourth-order valence-electron chi connectivity index (χ4n) is 1.88. The summed E-state index contributed by atoms with van der Waals surface area (Å²) in [5, 5.41) is 0.396. The molecule has 1 rings (SSSR count). The number of halogens is 1. The molecule has 0 saturated carbocycles. The van der Waals surface area contributed by atoms with Gasteiger partial charge in [-0.15, -0.1) is 0 Å². The molecule has 0 aliphatic carbocycles. The smallest absolute Gasteiger partial charge is 0.325 e. The van der Waals surface area contributed by atoms with Crippen molar-refractivity contribution in [3.63, 3.8) is 0 Å². The maximum Gasteiger partial charge on any atom is 0.325 e. The molecule has 0 fully saturated rings. The monoisotopic (exact) mass is 312 g/mol. The van der Waals surface area contributed by atoms with Crippen molar-refractivity contribution in [2.45, 2.75) is 20.8 Å². The molecule has 2 N–H and O–H groups in total. The minimum absolute atomic E-state index is 0.0760. The van der Waals surface area contributed by atoms with Gasteiger partial charge in [-0.1, -0.05) is 25.4 Å². The van der Waals surface area contributed by atoms with Crippen molar-refractivity contribution in [2.75, 3.05) is 25.4 Å². The Kier molecular flexibility index (Phi) is 6.49. The van der Waals surface area contributed by atoms with E-state index in [9.17, 15) is 9.59 Å². The molecule has 0 saturated heterocycles. The first-order chi connectivity index (χ1) is 9.85. The molecule has 0 atom stereocenters. The summed E-state index contributed by atoms with van der Waals surface area (Å²) in [5.41, 5.74) is 6.46. The van der Waals surface area contributed by atoms with Crippen molar-refractivity contribution in [3.05, 3.63) is 28.8 Å². The van der Waals surface area contributed by atoms with Gasteiger partial charge >= 0.3 is 5.97 Å². The number of amides is 1. The molecule has 0 aliphatic rings. The summed E-state index contributed by atoms with van der Waals surface area (Å²) in [6.07, 6.45) is 0. The largest absolute Gasteiger partial charge is 0.465 e. The van der Waals surface area contributed by atoms with Gasteiger partial charge in [-0.2, -0.15) is 0 Å². The molecule has 1 amide bonds. The third kappa shape index (κ3) is 5.27. The van der Waals surface area contributed by atoms with E-state index in [2.05, 4.69) is 0 Å². The highest BCUT2D eigenvalue weighted by Gasteiger charge is 2.21. The van der Waals surface area contributed by atoms with E-state index < -0.39 is 5.97 Å². The molecule has 0 bridgehead atoms. The average Bonchev–Trinajstić information content (AvgIpc) is 2.40. The van der Waals surface area contributed by atoms with Gasteiger partial charge in [0.15, 0.2) is 0 Å². The number of hydrogen-bond donors (Lipinski definition) is 1. The fourth-order valence-corrected chi connectivity index (χ4v) is 2.00. The Morgan fingerprint density at radius 1 is 1.38 bits per heavy atom. The summed E-state index contributed by atoms with van der Waals surface area (Å²) >= 11 is 5.85. The summed E-state index contributed by atoms with van der Waals surface area (Å²) in [7, 11) is 0. The molecule has 0 aliphatic heterocycles. The molecule has 116 valence electrons. The van der Waals surface area contributed by atoms with E-state index in [-0.39, 0.29) is 25.0 Å². The van der Waals surface area contributed by atoms with Gasteiger partial charge in [0.1, 0.15) is 6.54 Å². The molecule has 1 aromatic rings. The van der Waals surface area contributed by atoms with Crippen LogP contribution in [0.2, 0.25) is 5.02 Å². The van der Waals surface area contributed by atoms with Crippen molar-refractivity contribution >= 4 is 29.2 Å². The Bertz CT molecular complexity index is 518. The van der Waals surface area contributed by atoms with Gasteiger partial charge in [-0.3, -0.25) is 9.59 Å². The van der Waals surface area contributed by atoms with Crippen molar-refractivity contribution in [1.29, 1.82) is 0 Å². The number of nitrogens with zero attached hydrogens (tertiary/aromatic N) is 1. The van der Waals surface area contributed by atoms with Crippen LogP contribution in [0.5, 0.6) is 0 Å². The molecule has 5 nitrogen and oxygen atoms in total. The number of anilines is 1. The van der Waals surface area contributed by atoms with E-state index in [1.165, 1.54) is 11.0 Å². The maximum absolute atomic E-state index is 12.5. The van der Waals surface area contributed by atoms with E-state index in [0.717, 1.165) is 0 Å². The molecule has 0 spiro atoms. The number of ether oxygens (including phenoxy) is 1. The predicted molar refractivity (Wildman–Crippen MR) is 83.2 cm³/mol. The van der Waals surface area contributed by atoms with Crippen molar-refractivity contribution < 1.29 is 14.3 Å². The van der Waals surface area contributed by atoms with E-state index in [0.29, 0.717) is 22.8 Å². The Hall–Kier alpha value is -1.75. The molecule has 0 heterocycles. The zero-order chi connectivity index (χ0) is 16.0. The van der Waals surface area contributed by atoms with Crippen molar-refractivity contribution in [1.82, 2.24) is 4.90 Å². The summed E-state index contributed by atoms with van der Waals surface area (Å²) in [6.45, 7) is 6.35. The molecular weight excluding hydrogens is 292 g/mol. The zero-order valence-corrected chi connectivity index (χ0v) is 13.3. The number of benzene rings is 1. The van der Waals surface area contributed by atoms with Crippen molar-refractivity contribution in [2.24, 2.45) is 5.92 Å². The lowest BCUT2D eigenvalue weighted by atomic mass is 10.1. The van der Waals surface area contributed by atoms with E-state index in [4.69, 9.17) is 22.1 Å². The number of nitrogen functional groups attached to an aromatic ring is 1. The second-order valence-corrected chi connectivity index (χ2v) is 5.53. The lowest BCUT2D eigenvalue weighted by molar-refractivity contribution is -0.143. The van der Waals surface area contributed by atoms with Crippen molar-refractivity contribution in [3.8, 4) is 0 Å². The molecule has 6 heteroatoms. The molecule has 1 aromatic carbocycles. The predicted octanol–water partition coefficient (Wildman–Crippen LogP) is 2.58. The maximum atomic E-state index is 12.5. The first-order valence-electron chi connectivity index (χ1n) is 6.85. The quantitative estimate of drug-likeness (QED) is 0.647. The molecule has 0 aromatic heterocycles. The van der Waals surface area contributed by atoms with Crippen LogP contribution in [0.25, 0.3) is 0 Å². The minimum atomic E-state index is -0.423. The lowest BCUT2D eigenvalue weighted by Crippen LogP contribution is -2.39. The van der Waals surface area contributed by atoms with Crippen LogP contribution in [0.15, 0.2) is 18.2 Å².